The number of aromatic carboxylic acids is 1. The van der Waals surface area contributed by atoms with Crippen LogP contribution >= 0.6 is 0 Å². The lowest BCUT2D eigenvalue weighted by molar-refractivity contribution is 0.0693. The van der Waals surface area contributed by atoms with Gasteiger partial charge in [-0.2, -0.15) is 0 Å². The number of nitrogens with zero attached hydrogens (tertiary/aromatic N) is 1. The average molecular weight is 261 g/mol. The molecule has 1 aromatic rings. The molecule has 3 nitrogen and oxygen atoms in total. The number of carboxylic acids is 1. The van der Waals surface area contributed by atoms with Gasteiger partial charge in [0, 0.05) is 11.1 Å². The van der Waals surface area contributed by atoms with Crippen LogP contribution in [0.15, 0.2) is 6.07 Å². The highest BCUT2D eigenvalue weighted by atomic mass is 16.4. The van der Waals surface area contributed by atoms with E-state index in [4.69, 9.17) is 4.98 Å². The molecule has 1 aromatic heterocycles. The molecule has 0 aromatic carbocycles. The maximum Gasteiger partial charge on any atom is 0.337 e. The number of carboxylic acid groups (broad SMARTS) is 1. The molecule has 2 rings (SSSR count). The van der Waals surface area contributed by atoms with Gasteiger partial charge in [0.1, 0.15) is 0 Å². The molecule has 19 heavy (non-hydrogen) atoms. The second-order valence-electron chi connectivity index (χ2n) is 7.36. The zero-order chi connectivity index (χ0) is 14.6. The first-order valence-electron chi connectivity index (χ1n) is 6.83. The Hall–Kier alpha value is -1.38. The first-order valence-corrected chi connectivity index (χ1v) is 6.83. The molecule has 1 aliphatic rings. The molecule has 0 aliphatic heterocycles. The second kappa shape index (κ2) is 4.06. The molecule has 1 N–H and O–H groups in total. The second-order valence-corrected chi connectivity index (χ2v) is 7.36. The predicted molar refractivity (Wildman–Crippen MR) is 76.0 cm³/mol. The van der Waals surface area contributed by atoms with Crippen molar-refractivity contribution in [3.8, 4) is 0 Å². The number of hydrogen-bond donors (Lipinski definition) is 1. The van der Waals surface area contributed by atoms with E-state index in [0.717, 1.165) is 17.7 Å². The summed E-state index contributed by atoms with van der Waals surface area (Å²) in [5.41, 5.74) is 3.00. The third-order valence-corrected chi connectivity index (χ3v) is 4.01. The molecule has 0 spiro atoms. The number of fused-ring (bicyclic) bond motifs is 1. The molecule has 1 unspecified atom stereocenters. The van der Waals surface area contributed by atoms with Gasteiger partial charge in [-0.15, -0.1) is 0 Å². The van der Waals surface area contributed by atoms with Crippen LogP contribution in [0.4, 0.5) is 0 Å². The smallest absolute Gasteiger partial charge is 0.337 e. The standard InChI is InChI=1S/C16H23NO2/c1-9-8-16(5,6)11-7-10(14(18)19)13(15(2,3)4)17-12(9)11/h7,9H,8H2,1-6H3,(H,18,19). The lowest BCUT2D eigenvalue weighted by atomic mass is 9.83. The van der Waals surface area contributed by atoms with Crippen LogP contribution in [0.5, 0.6) is 0 Å². The van der Waals surface area contributed by atoms with E-state index in [1.165, 1.54) is 0 Å². The average Bonchev–Trinajstić information content (AvgIpc) is 2.46. The highest BCUT2D eigenvalue weighted by molar-refractivity contribution is 5.89. The SMILES string of the molecule is CC1CC(C)(C)c2cc(C(=O)O)c(C(C)(C)C)nc21. The number of pyridine rings is 1. The molecule has 0 amide bonds. The minimum Gasteiger partial charge on any atom is -0.478 e. The van der Waals surface area contributed by atoms with Gasteiger partial charge in [0.05, 0.1) is 11.3 Å². The Balaban J connectivity index is 2.74. The maximum absolute atomic E-state index is 11.5. The van der Waals surface area contributed by atoms with Crippen molar-refractivity contribution in [2.24, 2.45) is 0 Å². The predicted octanol–water partition coefficient (Wildman–Crippen LogP) is 3.86. The van der Waals surface area contributed by atoms with E-state index in [0.29, 0.717) is 17.2 Å². The normalized spacial score (nSPS) is 21.3. The van der Waals surface area contributed by atoms with Crippen LogP contribution in [0.3, 0.4) is 0 Å². The molecule has 1 aliphatic carbocycles. The minimum absolute atomic E-state index is 0.0162. The molecule has 1 heterocycles. The molecular weight excluding hydrogens is 238 g/mol. The molecule has 0 saturated carbocycles. The molecule has 1 atom stereocenters. The minimum atomic E-state index is -0.879. The van der Waals surface area contributed by atoms with Gasteiger partial charge in [0.2, 0.25) is 0 Å². The third-order valence-electron chi connectivity index (χ3n) is 4.01. The van der Waals surface area contributed by atoms with Crippen molar-refractivity contribution in [2.75, 3.05) is 0 Å². The van der Waals surface area contributed by atoms with E-state index in [9.17, 15) is 9.90 Å². The number of hydrogen-bond acceptors (Lipinski definition) is 2. The fraction of sp³-hybridized carbons (Fsp3) is 0.625. The van der Waals surface area contributed by atoms with Crippen LogP contribution in [0.2, 0.25) is 0 Å². The monoisotopic (exact) mass is 261 g/mol. The van der Waals surface area contributed by atoms with E-state index < -0.39 is 5.97 Å². The summed E-state index contributed by atoms with van der Waals surface area (Å²) in [6.45, 7) is 12.5. The van der Waals surface area contributed by atoms with Crippen molar-refractivity contribution < 1.29 is 9.90 Å². The molecule has 0 fully saturated rings. The highest BCUT2D eigenvalue weighted by Gasteiger charge is 2.38. The van der Waals surface area contributed by atoms with Gasteiger partial charge in [0.25, 0.3) is 0 Å². The van der Waals surface area contributed by atoms with Crippen molar-refractivity contribution >= 4 is 5.97 Å². The molecule has 3 heteroatoms. The van der Waals surface area contributed by atoms with Crippen molar-refractivity contribution in [3.05, 3.63) is 28.6 Å². The van der Waals surface area contributed by atoms with Crippen molar-refractivity contribution in [1.29, 1.82) is 0 Å². The van der Waals surface area contributed by atoms with Crippen LogP contribution in [0.25, 0.3) is 0 Å². The van der Waals surface area contributed by atoms with E-state index in [2.05, 4.69) is 20.8 Å². The Morgan fingerprint density at radius 2 is 2.00 bits per heavy atom. The van der Waals surface area contributed by atoms with Crippen LogP contribution in [0.1, 0.15) is 81.2 Å². The van der Waals surface area contributed by atoms with E-state index in [1.54, 1.807) is 0 Å². The first-order chi connectivity index (χ1) is 8.54. The molecular formula is C16H23NO2. The Bertz CT molecular complexity index is 538. The van der Waals surface area contributed by atoms with Gasteiger partial charge in [-0.25, -0.2) is 4.79 Å². The quantitative estimate of drug-likeness (QED) is 0.835. The van der Waals surface area contributed by atoms with Gasteiger partial charge in [-0.05, 0) is 29.4 Å². The largest absolute Gasteiger partial charge is 0.478 e. The zero-order valence-corrected chi connectivity index (χ0v) is 12.7. The number of carbonyl (C=O) groups is 1. The van der Waals surface area contributed by atoms with Crippen LogP contribution in [-0.2, 0) is 10.8 Å². The fourth-order valence-electron chi connectivity index (χ4n) is 3.15. The molecule has 0 saturated heterocycles. The highest BCUT2D eigenvalue weighted by Crippen LogP contribution is 2.46. The number of aromatic nitrogens is 1. The summed E-state index contributed by atoms with van der Waals surface area (Å²) in [5.74, 6) is -0.482. The Kier molecular flexibility index (Phi) is 3.00. The summed E-state index contributed by atoms with van der Waals surface area (Å²) in [7, 11) is 0. The summed E-state index contributed by atoms with van der Waals surface area (Å²) >= 11 is 0. The van der Waals surface area contributed by atoms with Gasteiger partial charge < -0.3 is 5.11 Å². The first kappa shape index (κ1) is 14.0. The van der Waals surface area contributed by atoms with Crippen molar-refractivity contribution in [2.45, 2.75) is 64.7 Å². The third kappa shape index (κ3) is 2.26. The van der Waals surface area contributed by atoms with Crippen LogP contribution in [-0.4, -0.2) is 16.1 Å². The lowest BCUT2D eigenvalue weighted by Crippen LogP contribution is -2.22. The lowest BCUT2D eigenvalue weighted by Gasteiger charge is -2.24. The zero-order valence-electron chi connectivity index (χ0n) is 12.7. The summed E-state index contributed by atoms with van der Waals surface area (Å²) in [6, 6.07) is 1.86. The fourth-order valence-corrected chi connectivity index (χ4v) is 3.15. The Labute approximate surface area is 115 Å². The summed E-state index contributed by atoms with van der Waals surface area (Å²) in [4.78, 5) is 16.3. The van der Waals surface area contributed by atoms with Gasteiger partial charge in [0.15, 0.2) is 0 Å². The molecule has 0 radical (unpaired) electrons. The Morgan fingerprint density at radius 3 is 2.47 bits per heavy atom. The van der Waals surface area contributed by atoms with E-state index in [-0.39, 0.29) is 10.8 Å². The Morgan fingerprint density at radius 1 is 1.42 bits per heavy atom. The summed E-state index contributed by atoms with van der Waals surface area (Å²) in [6.07, 6.45) is 1.03. The van der Waals surface area contributed by atoms with E-state index >= 15 is 0 Å². The summed E-state index contributed by atoms with van der Waals surface area (Å²) in [5, 5.41) is 9.46. The van der Waals surface area contributed by atoms with Crippen LogP contribution in [0, 0.1) is 0 Å². The van der Waals surface area contributed by atoms with Gasteiger partial charge in [-0.3, -0.25) is 4.98 Å². The molecule has 0 bridgehead atoms. The van der Waals surface area contributed by atoms with Gasteiger partial charge >= 0.3 is 5.97 Å². The molecule has 104 valence electrons. The maximum atomic E-state index is 11.5. The topological polar surface area (TPSA) is 50.2 Å². The van der Waals surface area contributed by atoms with Crippen molar-refractivity contribution in [3.63, 3.8) is 0 Å². The van der Waals surface area contributed by atoms with E-state index in [1.807, 2.05) is 26.8 Å². The van der Waals surface area contributed by atoms with Crippen LogP contribution < -0.4 is 0 Å². The summed E-state index contributed by atoms with van der Waals surface area (Å²) < 4.78 is 0. The number of rotatable bonds is 1. The van der Waals surface area contributed by atoms with Crippen molar-refractivity contribution in [1.82, 2.24) is 4.98 Å². The van der Waals surface area contributed by atoms with Gasteiger partial charge in [-0.1, -0.05) is 41.5 Å².